The van der Waals surface area contributed by atoms with Crippen molar-refractivity contribution in [3.8, 4) is 0 Å². The van der Waals surface area contributed by atoms with Gasteiger partial charge in [0.15, 0.2) is 0 Å². The van der Waals surface area contributed by atoms with Crippen molar-refractivity contribution in [1.82, 2.24) is 25.0 Å². The summed E-state index contributed by atoms with van der Waals surface area (Å²) in [5.41, 5.74) is 7.22. The fourth-order valence-corrected chi connectivity index (χ4v) is 2.35. The summed E-state index contributed by atoms with van der Waals surface area (Å²) in [5.74, 6) is 5.70. The van der Waals surface area contributed by atoms with Crippen molar-refractivity contribution in [2.75, 3.05) is 0 Å². The molecule has 0 saturated carbocycles. The number of nitrogens with two attached hydrogens (primary N) is 1. The lowest BCUT2D eigenvalue weighted by atomic mass is 10.1. The summed E-state index contributed by atoms with van der Waals surface area (Å²) in [4.78, 5) is 0. The number of rotatable bonds is 5. The van der Waals surface area contributed by atoms with Gasteiger partial charge in [-0.1, -0.05) is 6.92 Å². The Morgan fingerprint density at radius 2 is 2.00 bits per heavy atom. The molecule has 0 spiro atoms. The van der Waals surface area contributed by atoms with E-state index in [4.69, 9.17) is 5.84 Å². The lowest BCUT2D eigenvalue weighted by Crippen LogP contribution is -2.31. The summed E-state index contributed by atoms with van der Waals surface area (Å²) in [7, 11) is 3.91. The van der Waals surface area contributed by atoms with Gasteiger partial charge < -0.3 is 0 Å². The van der Waals surface area contributed by atoms with Gasteiger partial charge >= 0.3 is 0 Å². The highest BCUT2D eigenvalue weighted by Gasteiger charge is 2.17. The summed E-state index contributed by atoms with van der Waals surface area (Å²) in [6.45, 7) is 4.09. The molecule has 3 N–H and O–H groups in total. The lowest BCUT2D eigenvalue weighted by Gasteiger charge is -2.16. The molecule has 2 heterocycles. The minimum atomic E-state index is 0.0336. The second-order valence-corrected chi connectivity index (χ2v) is 4.86. The lowest BCUT2D eigenvalue weighted by molar-refractivity contribution is 0.493. The SMILES string of the molecule is CCc1cc(CC(NN)c2cc(C)nn2C)n(C)n1. The van der Waals surface area contributed by atoms with Crippen molar-refractivity contribution >= 4 is 0 Å². The van der Waals surface area contributed by atoms with Crippen LogP contribution in [-0.4, -0.2) is 19.6 Å². The predicted octanol–water partition coefficient (Wildman–Crippen LogP) is 0.772. The zero-order valence-corrected chi connectivity index (χ0v) is 12.0. The summed E-state index contributed by atoms with van der Waals surface area (Å²) in [6.07, 6.45) is 1.73. The molecule has 0 saturated heterocycles. The molecule has 0 aliphatic heterocycles. The van der Waals surface area contributed by atoms with E-state index in [-0.39, 0.29) is 6.04 Å². The third kappa shape index (κ3) is 2.85. The Hall–Kier alpha value is -1.66. The summed E-state index contributed by atoms with van der Waals surface area (Å²) < 4.78 is 3.79. The van der Waals surface area contributed by atoms with Crippen LogP contribution in [0.25, 0.3) is 0 Å². The predicted molar refractivity (Wildman–Crippen MR) is 74.3 cm³/mol. The van der Waals surface area contributed by atoms with Gasteiger partial charge in [0.1, 0.15) is 0 Å². The maximum atomic E-state index is 5.70. The fourth-order valence-electron chi connectivity index (χ4n) is 2.35. The monoisotopic (exact) mass is 262 g/mol. The number of nitrogens with zero attached hydrogens (tertiary/aromatic N) is 4. The molecule has 0 amide bonds. The van der Waals surface area contributed by atoms with Crippen molar-refractivity contribution in [3.63, 3.8) is 0 Å². The van der Waals surface area contributed by atoms with E-state index >= 15 is 0 Å². The first-order valence-electron chi connectivity index (χ1n) is 6.53. The summed E-state index contributed by atoms with van der Waals surface area (Å²) in [5, 5.41) is 8.83. The van der Waals surface area contributed by atoms with Crippen LogP contribution in [0.1, 0.15) is 35.7 Å². The molecular weight excluding hydrogens is 240 g/mol. The fraction of sp³-hybridized carbons (Fsp3) is 0.538. The molecule has 2 aromatic heterocycles. The topological polar surface area (TPSA) is 73.7 Å². The third-order valence-electron chi connectivity index (χ3n) is 3.40. The molecule has 0 fully saturated rings. The van der Waals surface area contributed by atoms with Gasteiger partial charge in [0.05, 0.1) is 23.1 Å². The van der Waals surface area contributed by atoms with E-state index in [0.717, 1.165) is 29.9 Å². The largest absolute Gasteiger partial charge is 0.272 e. The van der Waals surface area contributed by atoms with Crippen molar-refractivity contribution < 1.29 is 0 Å². The highest BCUT2D eigenvalue weighted by atomic mass is 15.3. The van der Waals surface area contributed by atoms with Gasteiger partial charge in [-0.15, -0.1) is 0 Å². The van der Waals surface area contributed by atoms with Crippen LogP contribution < -0.4 is 11.3 Å². The Morgan fingerprint density at radius 3 is 2.47 bits per heavy atom. The smallest absolute Gasteiger partial charge is 0.0684 e. The van der Waals surface area contributed by atoms with E-state index in [0.29, 0.717) is 0 Å². The Bertz CT molecular complexity index is 553. The van der Waals surface area contributed by atoms with Gasteiger partial charge in [0.25, 0.3) is 0 Å². The van der Waals surface area contributed by atoms with Gasteiger partial charge in [0, 0.05) is 26.2 Å². The number of aryl methyl sites for hydroxylation is 4. The molecule has 0 radical (unpaired) electrons. The number of hydrazine groups is 1. The van der Waals surface area contributed by atoms with Crippen molar-refractivity contribution in [2.45, 2.75) is 32.7 Å². The quantitative estimate of drug-likeness (QED) is 0.616. The molecule has 2 rings (SSSR count). The Labute approximate surface area is 113 Å². The second kappa shape index (κ2) is 5.54. The molecular formula is C13H22N6. The van der Waals surface area contributed by atoms with E-state index in [1.165, 1.54) is 5.69 Å². The molecule has 1 unspecified atom stereocenters. The van der Waals surface area contributed by atoms with Crippen LogP contribution in [0.15, 0.2) is 12.1 Å². The van der Waals surface area contributed by atoms with Gasteiger partial charge in [-0.05, 0) is 25.5 Å². The maximum Gasteiger partial charge on any atom is 0.0684 e. The van der Waals surface area contributed by atoms with Crippen molar-refractivity contribution in [2.24, 2.45) is 19.9 Å². The average molecular weight is 262 g/mol. The first-order chi connectivity index (χ1) is 9.05. The zero-order chi connectivity index (χ0) is 14.0. The highest BCUT2D eigenvalue weighted by molar-refractivity contribution is 5.18. The zero-order valence-electron chi connectivity index (χ0n) is 12.0. The van der Waals surface area contributed by atoms with Gasteiger partial charge in [-0.25, -0.2) is 0 Å². The van der Waals surface area contributed by atoms with E-state index < -0.39 is 0 Å². The van der Waals surface area contributed by atoms with Crippen LogP contribution in [-0.2, 0) is 26.9 Å². The van der Waals surface area contributed by atoms with Crippen LogP contribution in [0, 0.1) is 6.92 Å². The van der Waals surface area contributed by atoms with E-state index in [1.54, 1.807) is 0 Å². The Balaban J connectivity index is 2.23. The van der Waals surface area contributed by atoms with Crippen LogP contribution >= 0.6 is 0 Å². The van der Waals surface area contributed by atoms with Crippen LogP contribution in [0.2, 0.25) is 0 Å². The standard InChI is InChI=1S/C13H22N6/c1-5-10-7-11(18(3)17-10)8-12(15-14)13-6-9(2)16-19(13)4/h6-7,12,15H,5,8,14H2,1-4H3. The first-order valence-corrected chi connectivity index (χ1v) is 6.53. The number of hydrogen-bond acceptors (Lipinski definition) is 4. The number of aromatic nitrogens is 4. The minimum Gasteiger partial charge on any atom is -0.272 e. The molecule has 104 valence electrons. The van der Waals surface area contributed by atoms with Crippen LogP contribution in [0.3, 0.4) is 0 Å². The second-order valence-electron chi connectivity index (χ2n) is 4.86. The number of hydrogen-bond donors (Lipinski definition) is 2. The molecule has 0 aliphatic rings. The normalized spacial score (nSPS) is 12.9. The molecule has 19 heavy (non-hydrogen) atoms. The van der Waals surface area contributed by atoms with Crippen molar-refractivity contribution in [1.29, 1.82) is 0 Å². The summed E-state index contributed by atoms with van der Waals surface area (Å²) in [6, 6.07) is 4.22. The van der Waals surface area contributed by atoms with Gasteiger partial charge in [-0.2, -0.15) is 10.2 Å². The molecule has 0 aliphatic carbocycles. The number of nitrogens with one attached hydrogen (secondary N) is 1. The van der Waals surface area contributed by atoms with E-state index in [1.807, 2.05) is 30.4 Å². The maximum absolute atomic E-state index is 5.70. The summed E-state index contributed by atoms with van der Waals surface area (Å²) >= 11 is 0. The Morgan fingerprint density at radius 1 is 1.26 bits per heavy atom. The molecule has 6 heteroatoms. The highest BCUT2D eigenvalue weighted by Crippen LogP contribution is 2.18. The average Bonchev–Trinajstić information content (AvgIpc) is 2.89. The van der Waals surface area contributed by atoms with E-state index in [9.17, 15) is 0 Å². The van der Waals surface area contributed by atoms with Gasteiger partial charge in [-0.3, -0.25) is 20.6 Å². The van der Waals surface area contributed by atoms with Crippen molar-refractivity contribution in [3.05, 3.63) is 34.9 Å². The Kier molecular flexibility index (Phi) is 4.01. The first kappa shape index (κ1) is 13.8. The third-order valence-corrected chi connectivity index (χ3v) is 3.40. The molecule has 1 atom stereocenters. The molecule has 6 nitrogen and oxygen atoms in total. The van der Waals surface area contributed by atoms with E-state index in [2.05, 4.69) is 34.7 Å². The van der Waals surface area contributed by atoms with Crippen LogP contribution in [0.4, 0.5) is 0 Å². The molecule has 0 aromatic carbocycles. The molecule has 2 aromatic rings. The van der Waals surface area contributed by atoms with Crippen LogP contribution in [0.5, 0.6) is 0 Å². The van der Waals surface area contributed by atoms with Gasteiger partial charge in [0.2, 0.25) is 0 Å². The molecule has 0 bridgehead atoms. The minimum absolute atomic E-state index is 0.0336.